The van der Waals surface area contributed by atoms with Gasteiger partial charge >= 0.3 is 6.09 Å². The van der Waals surface area contributed by atoms with Crippen molar-refractivity contribution >= 4 is 55.4 Å². The minimum Gasteiger partial charge on any atom is -0.468 e. The molecule has 4 atom stereocenters. The number of rotatable bonds is 11. The Bertz CT molecular complexity index is 2300. The number of nitrogens with zero attached hydrogens (tertiary/aromatic N) is 5. The third kappa shape index (κ3) is 5.86. The van der Waals surface area contributed by atoms with Crippen molar-refractivity contribution in [3.8, 4) is 22.9 Å². The highest BCUT2D eigenvalue weighted by molar-refractivity contribution is 7.84. The summed E-state index contributed by atoms with van der Waals surface area (Å²) in [5.41, 5.74) is 2.81. The maximum absolute atomic E-state index is 17.6. The van der Waals surface area contributed by atoms with Crippen molar-refractivity contribution in [1.29, 1.82) is 5.26 Å². The highest BCUT2D eigenvalue weighted by Gasteiger charge is 2.55. The lowest BCUT2D eigenvalue weighted by molar-refractivity contribution is -0.128. The Kier molecular flexibility index (Phi) is 9.16. The first kappa shape index (κ1) is 34.4. The Morgan fingerprint density at radius 3 is 2.61 bits per heavy atom. The standard InChI is InChI=1S/C38H38FN5O6S/c1-42(2)31(45)12-11-24-17-29-36(44(24)35-23-16-30(35)43(19-23)38(46)47)28-15-22(9-7-13-40)32(33(39)34(28)41-37(29)51(4)48)27-18-25(50-20-49-3)14-21-8-5-6-10-26(21)27/h5-6,8,10,14-15,17-18,23,30,35H,7,9,11-12,16,19-20H2,1-4H3,(H,46,47)/t23-,30-,35+,51?/m1/s1. The van der Waals surface area contributed by atoms with Crippen LogP contribution in [0, 0.1) is 23.1 Å². The maximum Gasteiger partial charge on any atom is 0.407 e. The fourth-order valence-electron chi connectivity index (χ4n) is 7.94. The van der Waals surface area contributed by atoms with Crippen molar-refractivity contribution in [2.75, 3.05) is 40.8 Å². The van der Waals surface area contributed by atoms with Crippen LogP contribution in [-0.4, -0.2) is 87.5 Å². The van der Waals surface area contributed by atoms with Crippen LogP contribution >= 0.6 is 0 Å². The summed E-state index contributed by atoms with van der Waals surface area (Å²) < 4.78 is 44.0. The Morgan fingerprint density at radius 2 is 1.92 bits per heavy atom. The second-order valence-electron chi connectivity index (χ2n) is 13.4. The van der Waals surface area contributed by atoms with Crippen molar-refractivity contribution < 1.29 is 32.8 Å². The highest BCUT2D eigenvalue weighted by atomic mass is 32.2. The number of pyridine rings is 1. The van der Waals surface area contributed by atoms with Crippen LogP contribution in [0.4, 0.5) is 9.18 Å². The molecule has 0 radical (unpaired) electrons. The molecule has 1 aliphatic carbocycles. The molecule has 2 amide bonds. The quantitative estimate of drug-likeness (QED) is 0.158. The molecule has 3 aromatic carbocycles. The van der Waals surface area contributed by atoms with E-state index in [1.807, 2.05) is 42.5 Å². The van der Waals surface area contributed by atoms with Gasteiger partial charge in [-0.25, -0.2) is 14.2 Å². The number of carbonyl (C=O) groups is 2. The third-order valence-electron chi connectivity index (χ3n) is 10.3. The van der Waals surface area contributed by atoms with Crippen LogP contribution in [0.15, 0.2) is 53.6 Å². The number of hydrogen-bond donors (Lipinski definition) is 1. The second kappa shape index (κ2) is 13.6. The monoisotopic (exact) mass is 711 g/mol. The van der Waals surface area contributed by atoms with Crippen molar-refractivity contribution in [3.63, 3.8) is 0 Å². The number of carbonyl (C=O) groups excluding carboxylic acids is 1. The number of amides is 2. The molecule has 11 nitrogen and oxygen atoms in total. The Morgan fingerprint density at radius 1 is 1.14 bits per heavy atom. The van der Waals surface area contributed by atoms with Gasteiger partial charge in [-0.2, -0.15) is 5.26 Å². The summed E-state index contributed by atoms with van der Waals surface area (Å²) in [5, 5.41) is 22.5. The van der Waals surface area contributed by atoms with Crippen LogP contribution in [0.2, 0.25) is 0 Å². The lowest BCUT2D eigenvalue weighted by atomic mass is 9.79. The van der Waals surface area contributed by atoms with Gasteiger partial charge in [0.2, 0.25) is 5.91 Å². The van der Waals surface area contributed by atoms with Crippen LogP contribution in [0.25, 0.3) is 43.7 Å². The van der Waals surface area contributed by atoms with E-state index in [0.717, 1.165) is 16.5 Å². The van der Waals surface area contributed by atoms with Gasteiger partial charge in [0.15, 0.2) is 12.6 Å². The summed E-state index contributed by atoms with van der Waals surface area (Å²) in [7, 11) is 3.26. The van der Waals surface area contributed by atoms with Crippen molar-refractivity contribution in [1.82, 2.24) is 19.4 Å². The molecule has 1 saturated carbocycles. The molecule has 3 aliphatic rings. The molecule has 51 heavy (non-hydrogen) atoms. The summed E-state index contributed by atoms with van der Waals surface area (Å²) in [6.45, 7) is 0.364. The Labute approximate surface area is 296 Å². The van der Waals surface area contributed by atoms with Crippen LogP contribution in [0.3, 0.4) is 0 Å². The third-order valence-corrected chi connectivity index (χ3v) is 11.1. The van der Waals surface area contributed by atoms with Crippen LogP contribution in [0.1, 0.15) is 36.6 Å². The average Bonchev–Trinajstić information content (AvgIpc) is 3.81. The van der Waals surface area contributed by atoms with E-state index in [9.17, 15) is 24.2 Å². The van der Waals surface area contributed by atoms with E-state index in [4.69, 9.17) is 14.5 Å². The lowest BCUT2D eigenvalue weighted by Crippen LogP contribution is -2.42. The molecule has 8 rings (SSSR count). The fraction of sp³-hybridized carbons (Fsp3) is 0.368. The summed E-state index contributed by atoms with van der Waals surface area (Å²) in [6, 6.07) is 16.6. The van der Waals surface area contributed by atoms with Crippen molar-refractivity contribution in [3.05, 3.63) is 65.6 Å². The van der Waals surface area contributed by atoms with Gasteiger partial charge in [0.1, 0.15) is 16.3 Å². The van der Waals surface area contributed by atoms with Crippen LogP contribution in [-0.2, 0) is 33.2 Å². The molecule has 0 spiro atoms. The first-order valence-electron chi connectivity index (χ1n) is 16.8. The van der Waals surface area contributed by atoms with E-state index in [1.54, 1.807) is 20.2 Å². The van der Waals surface area contributed by atoms with Gasteiger partial charge in [0.25, 0.3) is 0 Å². The number of methoxy groups -OCH3 is 1. The minimum absolute atomic E-state index is 0.00753. The zero-order valence-corrected chi connectivity index (χ0v) is 29.6. The summed E-state index contributed by atoms with van der Waals surface area (Å²) in [5.74, 6) is -0.198. The Hall–Kier alpha value is -5.06. The molecule has 2 aliphatic heterocycles. The number of nitriles is 1. The van der Waals surface area contributed by atoms with Gasteiger partial charge in [0, 0.05) is 74.8 Å². The van der Waals surface area contributed by atoms with Gasteiger partial charge in [-0.3, -0.25) is 9.00 Å². The SMILES string of the molecule is COCOc1cc(-c2c(CCC#N)cc3c(nc(S(C)=O)c4cc(CCC(=O)N(C)C)n([C@H]5[C@@H]6C[C@H]5N(C(=O)O)C6)c43)c2F)c2ccccc2c1. The number of carboxylic acid groups (broad SMARTS) is 1. The number of fused-ring (bicyclic) bond motifs is 5. The van der Waals surface area contributed by atoms with Gasteiger partial charge < -0.3 is 28.9 Å². The Balaban J connectivity index is 1.55. The zero-order chi connectivity index (χ0) is 36.1. The molecular formula is C38H38FN5O6S. The fourth-order valence-corrected chi connectivity index (χ4v) is 8.63. The molecule has 4 heterocycles. The summed E-state index contributed by atoms with van der Waals surface area (Å²) in [6.07, 6.45) is 2.12. The largest absolute Gasteiger partial charge is 0.468 e. The molecule has 13 heteroatoms. The van der Waals surface area contributed by atoms with Gasteiger partial charge in [-0.05, 0) is 65.4 Å². The predicted octanol–water partition coefficient (Wildman–Crippen LogP) is 6.27. The van der Waals surface area contributed by atoms with Crippen LogP contribution < -0.4 is 4.74 Å². The maximum atomic E-state index is 17.6. The second-order valence-corrected chi connectivity index (χ2v) is 14.7. The number of halogens is 1. The van der Waals surface area contributed by atoms with E-state index in [0.29, 0.717) is 52.6 Å². The molecular weight excluding hydrogens is 674 g/mol. The van der Waals surface area contributed by atoms with E-state index >= 15 is 4.39 Å². The van der Waals surface area contributed by atoms with E-state index in [-0.39, 0.29) is 66.1 Å². The first-order valence-corrected chi connectivity index (χ1v) is 18.3. The summed E-state index contributed by atoms with van der Waals surface area (Å²) >= 11 is 0. The smallest absolute Gasteiger partial charge is 0.407 e. The molecule has 2 saturated heterocycles. The highest BCUT2D eigenvalue weighted by Crippen LogP contribution is 2.52. The van der Waals surface area contributed by atoms with Crippen molar-refractivity contribution in [2.24, 2.45) is 5.92 Å². The van der Waals surface area contributed by atoms with E-state index in [2.05, 4.69) is 10.6 Å². The first-order chi connectivity index (χ1) is 24.5. The van der Waals surface area contributed by atoms with Gasteiger partial charge in [0.05, 0.1) is 34.5 Å². The van der Waals surface area contributed by atoms with Crippen LogP contribution in [0.5, 0.6) is 5.75 Å². The number of benzene rings is 3. The minimum atomic E-state index is -1.63. The molecule has 3 fully saturated rings. The normalized spacial score (nSPS) is 18.6. The van der Waals surface area contributed by atoms with Gasteiger partial charge in [-0.1, -0.05) is 24.3 Å². The molecule has 2 aromatic heterocycles. The number of ether oxygens (including phenoxy) is 2. The lowest BCUT2D eigenvalue weighted by Gasteiger charge is -2.39. The molecule has 5 aromatic rings. The predicted molar refractivity (Wildman–Crippen MR) is 192 cm³/mol. The summed E-state index contributed by atoms with van der Waals surface area (Å²) in [4.78, 5) is 32.7. The zero-order valence-electron chi connectivity index (χ0n) is 28.8. The molecule has 2 bridgehead atoms. The van der Waals surface area contributed by atoms with E-state index in [1.165, 1.54) is 23.2 Å². The topological polar surface area (TPSA) is 138 Å². The molecule has 1 N–H and O–H groups in total. The number of aromatic nitrogens is 2. The average molecular weight is 712 g/mol. The van der Waals surface area contributed by atoms with Crippen molar-refractivity contribution in [2.45, 2.75) is 49.2 Å². The number of aryl methyl sites for hydroxylation is 2. The van der Waals surface area contributed by atoms with Gasteiger partial charge in [-0.15, -0.1) is 0 Å². The van der Waals surface area contributed by atoms with E-state index < -0.39 is 22.7 Å². The molecule has 264 valence electrons. The molecule has 1 unspecified atom stereocenters. The number of hydrogen-bond acceptors (Lipinski definition) is 7.